The first-order valence-electron chi connectivity index (χ1n) is 8.26. The topological polar surface area (TPSA) is 90.0 Å². The Labute approximate surface area is 144 Å². The second-order valence-corrected chi connectivity index (χ2v) is 6.22. The number of amides is 1. The summed E-state index contributed by atoms with van der Waals surface area (Å²) in [6.45, 7) is 0.706. The molecule has 1 aliphatic heterocycles. The summed E-state index contributed by atoms with van der Waals surface area (Å²) in [5.74, 6) is -1.84. The molecule has 0 spiro atoms. The standard InChI is InChI=1S/C18H19NO6/c20-14-6-7-15(21)16(14)25-17(22)13-8-9-19(10-13)18(23)24-11-12-4-2-1-3-5-12/h1-5,13,16H,6-11H2/t13-/m0/s1. The van der Waals surface area contributed by atoms with Gasteiger partial charge >= 0.3 is 12.1 Å². The molecule has 0 radical (unpaired) electrons. The smallest absolute Gasteiger partial charge is 0.410 e. The third-order valence-corrected chi connectivity index (χ3v) is 4.42. The minimum atomic E-state index is -1.26. The molecule has 1 aromatic rings. The molecule has 7 nitrogen and oxygen atoms in total. The Kier molecular flexibility index (Phi) is 5.11. The molecule has 0 aromatic heterocycles. The number of esters is 1. The van der Waals surface area contributed by atoms with Crippen LogP contribution in [-0.4, -0.2) is 47.7 Å². The van der Waals surface area contributed by atoms with Gasteiger partial charge in [-0.15, -0.1) is 0 Å². The highest BCUT2D eigenvalue weighted by molar-refractivity contribution is 6.12. The molecule has 1 heterocycles. The van der Waals surface area contributed by atoms with Crippen LogP contribution in [0.2, 0.25) is 0 Å². The van der Waals surface area contributed by atoms with Gasteiger partial charge in [0.2, 0.25) is 6.10 Å². The zero-order valence-electron chi connectivity index (χ0n) is 13.7. The minimum absolute atomic E-state index is 0.124. The van der Waals surface area contributed by atoms with E-state index in [0.29, 0.717) is 13.0 Å². The molecule has 1 aromatic carbocycles. The van der Waals surface area contributed by atoms with Gasteiger partial charge in [0.1, 0.15) is 6.61 Å². The van der Waals surface area contributed by atoms with Crippen molar-refractivity contribution in [2.24, 2.45) is 5.92 Å². The molecule has 0 N–H and O–H groups in total. The van der Waals surface area contributed by atoms with Crippen molar-refractivity contribution in [1.29, 1.82) is 0 Å². The summed E-state index contributed by atoms with van der Waals surface area (Å²) in [7, 11) is 0. The summed E-state index contributed by atoms with van der Waals surface area (Å²) >= 11 is 0. The third kappa shape index (κ3) is 4.04. The van der Waals surface area contributed by atoms with E-state index in [-0.39, 0.29) is 37.6 Å². The van der Waals surface area contributed by atoms with Crippen molar-refractivity contribution in [2.75, 3.05) is 13.1 Å². The van der Waals surface area contributed by atoms with E-state index in [0.717, 1.165) is 5.56 Å². The number of rotatable bonds is 4. The van der Waals surface area contributed by atoms with Crippen LogP contribution >= 0.6 is 0 Å². The number of ether oxygens (including phenoxy) is 2. The van der Waals surface area contributed by atoms with Gasteiger partial charge in [-0.05, 0) is 12.0 Å². The summed E-state index contributed by atoms with van der Waals surface area (Å²) < 4.78 is 10.3. The van der Waals surface area contributed by atoms with Crippen molar-refractivity contribution >= 4 is 23.6 Å². The van der Waals surface area contributed by atoms with Crippen LogP contribution in [0.25, 0.3) is 0 Å². The van der Waals surface area contributed by atoms with Crippen molar-refractivity contribution < 1.29 is 28.7 Å². The molecule has 1 saturated carbocycles. The lowest BCUT2D eigenvalue weighted by Gasteiger charge is -2.17. The highest BCUT2D eigenvalue weighted by Crippen LogP contribution is 2.22. The van der Waals surface area contributed by atoms with E-state index in [1.165, 1.54) is 4.90 Å². The number of ketones is 2. The Hall–Kier alpha value is -2.70. The quantitative estimate of drug-likeness (QED) is 0.607. The maximum atomic E-state index is 12.1. The van der Waals surface area contributed by atoms with Crippen molar-refractivity contribution in [1.82, 2.24) is 4.90 Å². The second-order valence-electron chi connectivity index (χ2n) is 6.22. The Morgan fingerprint density at radius 3 is 2.44 bits per heavy atom. The average Bonchev–Trinajstić information content (AvgIpc) is 3.23. The Morgan fingerprint density at radius 2 is 1.76 bits per heavy atom. The molecule has 25 heavy (non-hydrogen) atoms. The number of Topliss-reactive ketones (excluding diaryl/α,β-unsaturated/α-hetero) is 2. The molecule has 3 rings (SSSR count). The first kappa shape index (κ1) is 17.1. The van der Waals surface area contributed by atoms with Crippen molar-refractivity contribution in [3.05, 3.63) is 35.9 Å². The maximum Gasteiger partial charge on any atom is 0.410 e. The summed E-state index contributed by atoms with van der Waals surface area (Å²) in [5.41, 5.74) is 0.879. The zero-order chi connectivity index (χ0) is 17.8. The maximum absolute atomic E-state index is 12.1. The normalized spacial score (nSPS) is 20.8. The number of hydrogen-bond acceptors (Lipinski definition) is 6. The number of carbonyl (C=O) groups excluding carboxylic acids is 4. The van der Waals surface area contributed by atoms with Gasteiger partial charge in [-0.25, -0.2) is 4.79 Å². The molecule has 1 aliphatic carbocycles. The lowest BCUT2D eigenvalue weighted by molar-refractivity contribution is -0.160. The predicted molar refractivity (Wildman–Crippen MR) is 85.4 cm³/mol. The molecule has 0 unspecified atom stereocenters. The van der Waals surface area contributed by atoms with Crippen LogP contribution in [0.4, 0.5) is 4.79 Å². The largest absolute Gasteiger partial charge is 0.446 e. The summed E-state index contributed by atoms with van der Waals surface area (Å²) in [4.78, 5) is 48.7. The second kappa shape index (κ2) is 7.46. The molecule has 0 bridgehead atoms. The molecular formula is C18H19NO6. The van der Waals surface area contributed by atoms with E-state index in [1.54, 1.807) is 0 Å². The van der Waals surface area contributed by atoms with Crippen LogP contribution in [0, 0.1) is 5.92 Å². The molecule has 1 saturated heterocycles. The van der Waals surface area contributed by atoms with Gasteiger partial charge in [-0.1, -0.05) is 30.3 Å². The number of carbonyl (C=O) groups is 4. The third-order valence-electron chi connectivity index (χ3n) is 4.42. The fourth-order valence-electron chi connectivity index (χ4n) is 2.96. The molecule has 2 fully saturated rings. The van der Waals surface area contributed by atoms with Gasteiger partial charge in [0.15, 0.2) is 11.6 Å². The van der Waals surface area contributed by atoms with Crippen LogP contribution in [0.15, 0.2) is 30.3 Å². The molecule has 2 aliphatic rings. The van der Waals surface area contributed by atoms with Gasteiger partial charge in [0, 0.05) is 25.9 Å². The van der Waals surface area contributed by atoms with Crippen LogP contribution in [0.5, 0.6) is 0 Å². The lowest BCUT2D eigenvalue weighted by atomic mass is 10.1. The first-order valence-corrected chi connectivity index (χ1v) is 8.26. The van der Waals surface area contributed by atoms with Crippen LogP contribution in [-0.2, 0) is 30.5 Å². The minimum Gasteiger partial charge on any atom is -0.446 e. The molecule has 1 atom stereocenters. The van der Waals surface area contributed by atoms with E-state index >= 15 is 0 Å². The van der Waals surface area contributed by atoms with E-state index < -0.39 is 24.1 Å². The van der Waals surface area contributed by atoms with Gasteiger partial charge in [0.05, 0.1) is 5.92 Å². The van der Waals surface area contributed by atoms with Crippen LogP contribution in [0.1, 0.15) is 24.8 Å². The van der Waals surface area contributed by atoms with Crippen molar-refractivity contribution in [2.45, 2.75) is 32.0 Å². The zero-order valence-corrected chi connectivity index (χ0v) is 13.7. The van der Waals surface area contributed by atoms with Gasteiger partial charge in [-0.3, -0.25) is 14.4 Å². The van der Waals surface area contributed by atoms with E-state index in [9.17, 15) is 19.2 Å². The Bertz CT molecular complexity index is 670. The first-order chi connectivity index (χ1) is 12.0. The van der Waals surface area contributed by atoms with Gasteiger partial charge in [-0.2, -0.15) is 0 Å². The van der Waals surface area contributed by atoms with Gasteiger partial charge < -0.3 is 14.4 Å². The Balaban J connectivity index is 1.47. The summed E-state index contributed by atoms with van der Waals surface area (Å²) in [6.07, 6.45) is -1.08. The predicted octanol–water partition coefficient (Wildman–Crippen LogP) is 1.49. The van der Waals surface area contributed by atoms with Gasteiger partial charge in [0.25, 0.3) is 0 Å². The average molecular weight is 345 g/mol. The van der Waals surface area contributed by atoms with Crippen molar-refractivity contribution in [3.63, 3.8) is 0 Å². The number of hydrogen-bond donors (Lipinski definition) is 0. The summed E-state index contributed by atoms with van der Waals surface area (Å²) in [5, 5.41) is 0. The van der Waals surface area contributed by atoms with Crippen LogP contribution < -0.4 is 0 Å². The SMILES string of the molecule is O=C1CCC(=O)C1OC(=O)[C@H]1CCN(C(=O)OCc2ccccc2)C1. The number of nitrogens with zero attached hydrogens (tertiary/aromatic N) is 1. The van der Waals surface area contributed by atoms with Crippen molar-refractivity contribution in [3.8, 4) is 0 Å². The highest BCUT2D eigenvalue weighted by atomic mass is 16.6. The summed E-state index contributed by atoms with van der Waals surface area (Å²) in [6, 6.07) is 9.30. The van der Waals surface area contributed by atoms with E-state index in [2.05, 4.69) is 0 Å². The van der Waals surface area contributed by atoms with E-state index in [1.807, 2.05) is 30.3 Å². The fourth-order valence-corrected chi connectivity index (χ4v) is 2.96. The molecule has 132 valence electrons. The molecule has 7 heteroatoms. The molecule has 1 amide bonds. The fraction of sp³-hybridized carbons (Fsp3) is 0.444. The van der Waals surface area contributed by atoms with E-state index in [4.69, 9.17) is 9.47 Å². The highest BCUT2D eigenvalue weighted by Gasteiger charge is 2.40. The van der Waals surface area contributed by atoms with Crippen LogP contribution in [0.3, 0.4) is 0 Å². The lowest BCUT2D eigenvalue weighted by Crippen LogP contribution is -2.34. The monoisotopic (exact) mass is 345 g/mol. The molecular weight excluding hydrogens is 326 g/mol. The Morgan fingerprint density at radius 1 is 1.08 bits per heavy atom. The number of benzene rings is 1. The number of likely N-dealkylation sites (tertiary alicyclic amines) is 1.